The largest absolute Gasteiger partial charge is 0.495 e. The SMILES string of the molecule is COc1ccccc1NC(=O)N[C@@H]1CCn2nccc2C1. The Bertz CT molecular complexity index is 638. The lowest BCUT2D eigenvalue weighted by Crippen LogP contribution is -2.42. The number of hydrogen-bond acceptors (Lipinski definition) is 3. The highest BCUT2D eigenvalue weighted by Crippen LogP contribution is 2.23. The zero-order valence-corrected chi connectivity index (χ0v) is 11.9. The molecule has 3 rings (SSSR count). The fraction of sp³-hybridized carbons (Fsp3) is 0.333. The number of para-hydroxylation sites is 2. The van der Waals surface area contributed by atoms with Gasteiger partial charge in [-0.3, -0.25) is 4.68 Å². The van der Waals surface area contributed by atoms with Gasteiger partial charge in [0, 0.05) is 30.9 Å². The maximum Gasteiger partial charge on any atom is 0.319 e. The number of nitrogens with one attached hydrogen (secondary N) is 2. The molecule has 2 aromatic rings. The number of hydrogen-bond donors (Lipinski definition) is 2. The van der Waals surface area contributed by atoms with Gasteiger partial charge in [0.05, 0.1) is 12.8 Å². The van der Waals surface area contributed by atoms with E-state index in [1.165, 1.54) is 0 Å². The molecule has 6 heteroatoms. The van der Waals surface area contributed by atoms with Gasteiger partial charge < -0.3 is 15.4 Å². The Morgan fingerprint density at radius 3 is 3.10 bits per heavy atom. The minimum absolute atomic E-state index is 0.129. The first kappa shape index (κ1) is 13.5. The first-order valence-electron chi connectivity index (χ1n) is 6.97. The molecular weight excluding hydrogens is 268 g/mol. The Labute approximate surface area is 123 Å². The highest BCUT2D eigenvalue weighted by molar-refractivity contribution is 5.91. The molecule has 1 atom stereocenters. The summed E-state index contributed by atoms with van der Waals surface area (Å²) in [5.41, 5.74) is 1.82. The topological polar surface area (TPSA) is 68.2 Å². The molecule has 2 amide bonds. The molecule has 0 unspecified atom stereocenters. The minimum atomic E-state index is -0.211. The summed E-state index contributed by atoms with van der Waals surface area (Å²) in [6.45, 7) is 0.835. The molecule has 2 N–H and O–H groups in total. The van der Waals surface area contributed by atoms with Crippen LogP contribution in [0.3, 0.4) is 0 Å². The summed E-state index contributed by atoms with van der Waals surface area (Å²) in [5, 5.41) is 10.1. The van der Waals surface area contributed by atoms with Crippen LogP contribution in [-0.4, -0.2) is 29.0 Å². The minimum Gasteiger partial charge on any atom is -0.495 e. The van der Waals surface area contributed by atoms with E-state index in [0.717, 1.165) is 25.1 Å². The molecule has 0 spiro atoms. The van der Waals surface area contributed by atoms with Gasteiger partial charge in [-0.25, -0.2) is 4.79 Å². The number of ether oxygens (including phenoxy) is 1. The Kier molecular flexibility index (Phi) is 3.77. The zero-order valence-electron chi connectivity index (χ0n) is 11.9. The van der Waals surface area contributed by atoms with E-state index in [4.69, 9.17) is 4.74 Å². The van der Waals surface area contributed by atoms with Gasteiger partial charge in [-0.1, -0.05) is 12.1 Å². The third-order valence-corrected chi connectivity index (χ3v) is 3.64. The van der Waals surface area contributed by atoms with Gasteiger partial charge in [-0.05, 0) is 24.6 Å². The van der Waals surface area contributed by atoms with Crippen LogP contribution in [0.5, 0.6) is 5.75 Å². The third kappa shape index (κ3) is 2.99. The Balaban J connectivity index is 1.60. The van der Waals surface area contributed by atoms with Crippen LogP contribution in [0, 0.1) is 0 Å². The van der Waals surface area contributed by atoms with Gasteiger partial charge in [-0.2, -0.15) is 5.10 Å². The number of amides is 2. The number of aryl methyl sites for hydroxylation is 1. The zero-order chi connectivity index (χ0) is 14.7. The predicted molar refractivity (Wildman–Crippen MR) is 79.5 cm³/mol. The van der Waals surface area contributed by atoms with Crippen molar-refractivity contribution < 1.29 is 9.53 Å². The Morgan fingerprint density at radius 1 is 1.38 bits per heavy atom. The maximum absolute atomic E-state index is 12.1. The van der Waals surface area contributed by atoms with E-state index in [2.05, 4.69) is 15.7 Å². The van der Waals surface area contributed by atoms with Crippen LogP contribution >= 0.6 is 0 Å². The molecule has 2 heterocycles. The third-order valence-electron chi connectivity index (χ3n) is 3.64. The number of urea groups is 1. The number of aromatic nitrogens is 2. The number of carbonyl (C=O) groups excluding carboxylic acids is 1. The molecule has 1 aliphatic rings. The molecule has 21 heavy (non-hydrogen) atoms. The van der Waals surface area contributed by atoms with Gasteiger partial charge in [0.25, 0.3) is 0 Å². The summed E-state index contributed by atoms with van der Waals surface area (Å²) in [7, 11) is 1.58. The molecule has 6 nitrogen and oxygen atoms in total. The number of rotatable bonds is 3. The molecule has 0 fully saturated rings. The molecular formula is C15H18N4O2. The number of benzene rings is 1. The van der Waals surface area contributed by atoms with Crippen molar-refractivity contribution in [3.63, 3.8) is 0 Å². The monoisotopic (exact) mass is 286 g/mol. The maximum atomic E-state index is 12.1. The fourth-order valence-electron chi connectivity index (χ4n) is 2.58. The Morgan fingerprint density at radius 2 is 2.24 bits per heavy atom. The van der Waals surface area contributed by atoms with Gasteiger partial charge in [0.1, 0.15) is 5.75 Å². The molecule has 0 saturated heterocycles. The second kappa shape index (κ2) is 5.87. The lowest BCUT2D eigenvalue weighted by atomic mass is 10.0. The second-order valence-electron chi connectivity index (χ2n) is 5.03. The number of methoxy groups -OCH3 is 1. The lowest BCUT2D eigenvalue weighted by Gasteiger charge is -2.24. The molecule has 1 aromatic heterocycles. The Hall–Kier alpha value is -2.50. The first-order chi connectivity index (χ1) is 10.3. The molecule has 0 saturated carbocycles. The second-order valence-corrected chi connectivity index (χ2v) is 5.03. The average Bonchev–Trinajstić information content (AvgIpc) is 2.95. The van der Waals surface area contributed by atoms with E-state index >= 15 is 0 Å². The van der Waals surface area contributed by atoms with Gasteiger partial charge >= 0.3 is 6.03 Å². The molecule has 1 aliphatic heterocycles. The molecule has 1 aromatic carbocycles. The van der Waals surface area contributed by atoms with Gasteiger partial charge in [-0.15, -0.1) is 0 Å². The number of fused-ring (bicyclic) bond motifs is 1. The highest BCUT2D eigenvalue weighted by Gasteiger charge is 2.20. The van der Waals surface area contributed by atoms with Crippen LogP contribution in [0.4, 0.5) is 10.5 Å². The van der Waals surface area contributed by atoms with E-state index in [1.807, 2.05) is 35.0 Å². The highest BCUT2D eigenvalue weighted by atomic mass is 16.5. The first-order valence-corrected chi connectivity index (χ1v) is 6.97. The van der Waals surface area contributed by atoms with Gasteiger partial charge in [0.2, 0.25) is 0 Å². The molecule has 0 aliphatic carbocycles. The molecule has 0 radical (unpaired) electrons. The number of anilines is 1. The van der Waals surface area contributed by atoms with Crippen molar-refractivity contribution in [1.82, 2.24) is 15.1 Å². The summed E-state index contributed by atoms with van der Waals surface area (Å²) < 4.78 is 7.20. The van der Waals surface area contributed by atoms with E-state index in [1.54, 1.807) is 13.3 Å². The normalized spacial score (nSPS) is 16.9. The van der Waals surface area contributed by atoms with Crippen molar-refractivity contribution in [2.45, 2.75) is 25.4 Å². The quantitative estimate of drug-likeness (QED) is 0.907. The molecule has 0 bridgehead atoms. The lowest BCUT2D eigenvalue weighted by molar-refractivity contribution is 0.245. The average molecular weight is 286 g/mol. The van der Waals surface area contributed by atoms with Crippen LogP contribution in [-0.2, 0) is 13.0 Å². The summed E-state index contributed by atoms with van der Waals surface area (Å²) in [4.78, 5) is 12.1. The van der Waals surface area contributed by atoms with Crippen LogP contribution in [0.2, 0.25) is 0 Å². The summed E-state index contributed by atoms with van der Waals surface area (Å²) in [6, 6.07) is 9.26. The van der Waals surface area contributed by atoms with E-state index in [-0.39, 0.29) is 12.1 Å². The molecule has 110 valence electrons. The van der Waals surface area contributed by atoms with Crippen molar-refractivity contribution in [3.05, 3.63) is 42.2 Å². The number of carbonyl (C=O) groups is 1. The number of nitrogens with zero attached hydrogens (tertiary/aromatic N) is 2. The van der Waals surface area contributed by atoms with Gasteiger partial charge in [0.15, 0.2) is 0 Å². The fourth-order valence-corrected chi connectivity index (χ4v) is 2.58. The van der Waals surface area contributed by atoms with Crippen LogP contribution in [0.15, 0.2) is 36.5 Å². The predicted octanol–water partition coefficient (Wildman–Crippen LogP) is 2.03. The van der Waals surface area contributed by atoms with E-state index in [9.17, 15) is 4.79 Å². The van der Waals surface area contributed by atoms with Crippen LogP contribution in [0.25, 0.3) is 0 Å². The van der Waals surface area contributed by atoms with Crippen molar-refractivity contribution >= 4 is 11.7 Å². The van der Waals surface area contributed by atoms with Crippen LogP contribution < -0.4 is 15.4 Å². The summed E-state index contributed by atoms with van der Waals surface area (Å²) >= 11 is 0. The smallest absolute Gasteiger partial charge is 0.319 e. The van der Waals surface area contributed by atoms with Crippen LogP contribution in [0.1, 0.15) is 12.1 Å². The standard InChI is InChI=1S/C15H18N4O2/c1-21-14-5-3-2-4-13(14)18-15(20)17-11-7-9-19-12(10-11)6-8-16-19/h2-6,8,11H,7,9-10H2,1H3,(H2,17,18,20)/t11-/m1/s1. The summed E-state index contributed by atoms with van der Waals surface area (Å²) in [6.07, 6.45) is 3.49. The van der Waals surface area contributed by atoms with Crippen molar-refractivity contribution in [2.24, 2.45) is 0 Å². The van der Waals surface area contributed by atoms with Crippen molar-refractivity contribution in [1.29, 1.82) is 0 Å². The van der Waals surface area contributed by atoms with Crippen molar-refractivity contribution in [2.75, 3.05) is 12.4 Å². The van der Waals surface area contributed by atoms with E-state index in [0.29, 0.717) is 11.4 Å². The van der Waals surface area contributed by atoms with E-state index < -0.39 is 0 Å². The van der Waals surface area contributed by atoms with Crippen molar-refractivity contribution in [3.8, 4) is 5.75 Å². The summed E-state index contributed by atoms with van der Waals surface area (Å²) in [5.74, 6) is 0.648.